The zero-order valence-corrected chi connectivity index (χ0v) is 18.8. The Labute approximate surface area is 185 Å². The summed E-state index contributed by atoms with van der Waals surface area (Å²) in [5.74, 6) is 0.514. The summed E-state index contributed by atoms with van der Waals surface area (Å²) in [5, 5.41) is 15.0. The molecule has 1 saturated carbocycles. The molecular formula is C27H33N3O. The van der Waals surface area contributed by atoms with Crippen molar-refractivity contribution in [3.05, 3.63) is 83.9 Å². The van der Waals surface area contributed by atoms with Crippen molar-refractivity contribution in [1.29, 1.82) is 0 Å². The molecule has 0 amide bonds. The van der Waals surface area contributed by atoms with Gasteiger partial charge in [0.25, 0.3) is 0 Å². The van der Waals surface area contributed by atoms with Gasteiger partial charge in [0.05, 0.1) is 5.60 Å². The topological polar surface area (TPSA) is 58.0 Å². The Bertz CT molecular complexity index is 960. The summed E-state index contributed by atoms with van der Waals surface area (Å²) >= 11 is 0. The third kappa shape index (κ3) is 5.03. The van der Waals surface area contributed by atoms with Crippen LogP contribution in [0.15, 0.2) is 67.3 Å². The van der Waals surface area contributed by atoms with Gasteiger partial charge in [-0.05, 0) is 60.8 Å². The van der Waals surface area contributed by atoms with Crippen LogP contribution in [0.1, 0.15) is 75.1 Å². The van der Waals surface area contributed by atoms with E-state index >= 15 is 0 Å². The molecule has 1 atom stereocenters. The molecule has 4 rings (SSSR count). The smallest absolute Gasteiger partial charge is 0.115 e. The molecule has 1 heterocycles. The van der Waals surface area contributed by atoms with Gasteiger partial charge in [-0.2, -0.15) is 0 Å². The summed E-state index contributed by atoms with van der Waals surface area (Å²) in [6.45, 7) is 6.61. The Hall–Kier alpha value is -2.56. The Morgan fingerprint density at radius 1 is 0.839 bits per heavy atom. The van der Waals surface area contributed by atoms with E-state index in [2.05, 4.69) is 84.6 Å². The van der Waals surface area contributed by atoms with Gasteiger partial charge >= 0.3 is 0 Å². The highest BCUT2D eigenvalue weighted by molar-refractivity contribution is 5.61. The molecule has 4 nitrogen and oxygen atoms in total. The second-order valence-electron chi connectivity index (χ2n) is 9.22. The summed E-state index contributed by atoms with van der Waals surface area (Å²) in [6.07, 6.45) is 8.78. The molecule has 0 radical (unpaired) electrons. The van der Waals surface area contributed by atoms with Gasteiger partial charge in [-0.1, -0.05) is 62.4 Å². The average Bonchev–Trinajstić information content (AvgIpc) is 2.81. The van der Waals surface area contributed by atoms with Crippen LogP contribution in [0.25, 0.3) is 11.1 Å². The van der Waals surface area contributed by atoms with E-state index in [0.29, 0.717) is 12.0 Å². The third-order valence-corrected chi connectivity index (χ3v) is 6.72. The molecule has 1 aliphatic rings. The van der Waals surface area contributed by atoms with E-state index in [9.17, 15) is 5.11 Å². The molecule has 0 aliphatic heterocycles. The van der Waals surface area contributed by atoms with Crippen molar-refractivity contribution in [3.63, 3.8) is 0 Å². The standard InChI is InChI=1S/C27H33N3O/c1-19(2)21-8-10-25(11-9-21)27(31)14-12-26(13-15-27)30-20(3)22-4-6-23(7-5-22)24-16-28-18-29-17-24/h4-11,16-20,26,30-31H,12-15H2,1-3H3. The summed E-state index contributed by atoms with van der Waals surface area (Å²) in [4.78, 5) is 8.19. The van der Waals surface area contributed by atoms with Crippen LogP contribution in [0.4, 0.5) is 0 Å². The van der Waals surface area contributed by atoms with E-state index in [1.807, 2.05) is 12.4 Å². The van der Waals surface area contributed by atoms with Crippen molar-refractivity contribution in [2.45, 2.75) is 70.1 Å². The Balaban J connectivity index is 1.34. The van der Waals surface area contributed by atoms with Crippen LogP contribution in [-0.4, -0.2) is 21.1 Å². The van der Waals surface area contributed by atoms with Gasteiger partial charge in [-0.3, -0.25) is 0 Å². The van der Waals surface area contributed by atoms with Crippen LogP contribution >= 0.6 is 0 Å². The monoisotopic (exact) mass is 415 g/mol. The number of nitrogens with one attached hydrogen (secondary N) is 1. The van der Waals surface area contributed by atoms with E-state index in [1.165, 1.54) is 11.1 Å². The van der Waals surface area contributed by atoms with Crippen molar-refractivity contribution in [2.24, 2.45) is 0 Å². The maximum atomic E-state index is 11.2. The lowest BCUT2D eigenvalue weighted by atomic mass is 9.77. The van der Waals surface area contributed by atoms with Crippen molar-refractivity contribution in [1.82, 2.24) is 15.3 Å². The third-order valence-electron chi connectivity index (χ3n) is 6.72. The number of rotatable bonds is 6. The SMILES string of the molecule is CC(C)c1ccc(C2(O)CCC(NC(C)c3ccc(-c4cncnc4)cc3)CC2)cc1. The first kappa shape index (κ1) is 21.7. The molecule has 3 aromatic rings. The van der Waals surface area contributed by atoms with Gasteiger partial charge in [0.15, 0.2) is 0 Å². The molecule has 4 heteroatoms. The van der Waals surface area contributed by atoms with Gasteiger partial charge in [0.1, 0.15) is 6.33 Å². The number of hydrogen-bond acceptors (Lipinski definition) is 4. The first-order valence-electron chi connectivity index (χ1n) is 11.4. The van der Waals surface area contributed by atoms with Gasteiger partial charge in [0.2, 0.25) is 0 Å². The second-order valence-corrected chi connectivity index (χ2v) is 9.22. The van der Waals surface area contributed by atoms with E-state index in [4.69, 9.17) is 0 Å². The zero-order chi connectivity index (χ0) is 21.8. The minimum atomic E-state index is -0.698. The van der Waals surface area contributed by atoms with Gasteiger partial charge < -0.3 is 10.4 Å². The lowest BCUT2D eigenvalue weighted by molar-refractivity contribution is -0.00924. The van der Waals surface area contributed by atoms with E-state index in [1.54, 1.807) is 6.33 Å². The molecule has 1 aliphatic carbocycles. The van der Waals surface area contributed by atoms with E-state index in [-0.39, 0.29) is 6.04 Å². The first-order chi connectivity index (χ1) is 14.9. The molecule has 162 valence electrons. The molecule has 31 heavy (non-hydrogen) atoms. The molecule has 2 N–H and O–H groups in total. The quantitative estimate of drug-likeness (QED) is 0.538. The molecule has 0 spiro atoms. The predicted octanol–water partition coefficient (Wildman–Crippen LogP) is 5.75. The fraction of sp³-hybridized carbons (Fsp3) is 0.407. The van der Waals surface area contributed by atoms with Crippen LogP contribution in [0, 0.1) is 0 Å². The van der Waals surface area contributed by atoms with Crippen LogP contribution in [0.3, 0.4) is 0 Å². The summed E-state index contributed by atoms with van der Waals surface area (Å²) < 4.78 is 0. The highest BCUT2D eigenvalue weighted by Crippen LogP contribution is 2.38. The van der Waals surface area contributed by atoms with Crippen molar-refractivity contribution < 1.29 is 5.11 Å². The zero-order valence-electron chi connectivity index (χ0n) is 18.8. The summed E-state index contributed by atoms with van der Waals surface area (Å²) in [6, 6.07) is 17.9. The number of hydrogen-bond donors (Lipinski definition) is 2. The maximum absolute atomic E-state index is 11.2. The molecule has 0 bridgehead atoms. The molecule has 1 fully saturated rings. The van der Waals surface area contributed by atoms with E-state index < -0.39 is 5.60 Å². The second kappa shape index (κ2) is 9.29. The van der Waals surface area contributed by atoms with Gasteiger partial charge in [0, 0.05) is 30.0 Å². The van der Waals surface area contributed by atoms with Crippen LogP contribution < -0.4 is 5.32 Å². The first-order valence-corrected chi connectivity index (χ1v) is 11.4. The largest absolute Gasteiger partial charge is 0.385 e. The van der Waals surface area contributed by atoms with Crippen LogP contribution in [-0.2, 0) is 5.60 Å². The fourth-order valence-electron chi connectivity index (χ4n) is 4.59. The lowest BCUT2D eigenvalue weighted by Gasteiger charge is -2.38. The number of benzene rings is 2. The average molecular weight is 416 g/mol. The van der Waals surface area contributed by atoms with Crippen LogP contribution in [0.5, 0.6) is 0 Å². The molecule has 2 aromatic carbocycles. The van der Waals surface area contributed by atoms with Gasteiger partial charge in [-0.15, -0.1) is 0 Å². The van der Waals surface area contributed by atoms with Crippen molar-refractivity contribution >= 4 is 0 Å². The Kier molecular flexibility index (Phi) is 6.49. The molecule has 1 aromatic heterocycles. The molecule has 0 saturated heterocycles. The summed E-state index contributed by atoms with van der Waals surface area (Å²) in [7, 11) is 0. The van der Waals surface area contributed by atoms with Crippen molar-refractivity contribution in [3.8, 4) is 11.1 Å². The highest BCUT2D eigenvalue weighted by Gasteiger charge is 2.35. The van der Waals surface area contributed by atoms with Crippen molar-refractivity contribution in [2.75, 3.05) is 0 Å². The Morgan fingerprint density at radius 3 is 2.00 bits per heavy atom. The van der Waals surface area contributed by atoms with Gasteiger partial charge in [-0.25, -0.2) is 9.97 Å². The minimum absolute atomic E-state index is 0.266. The molecule has 1 unspecified atom stereocenters. The normalized spacial score (nSPS) is 22.4. The summed E-state index contributed by atoms with van der Waals surface area (Å²) in [5.41, 5.74) is 5.11. The predicted molar refractivity (Wildman–Crippen MR) is 126 cm³/mol. The van der Waals surface area contributed by atoms with Crippen LogP contribution in [0.2, 0.25) is 0 Å². The number of aromatic nitrogens is 2. The minimum Gasteiger partial charge on any atom is -0.385 e. The number of aliphatic hydroxyl groups is 1. The lowest BCUT2D eigenvalue weighted by Crippen LogP contribution is -2.40. The van der Waals surface area contributed by atoms with E-state index in [0.717, 1.165) is 42.4 Å². The maximum Gasteiger partial charge on any atom is 0.115 e. The number of nitrogens with zero attached hydrogens (tertiary/aromatic N) is 2. The fourth-order valence-corrected chi connectivity index (χ4v) is 4.59. The highest BCUT2D eigenvalue weighted by atomic mass is 16.3. The molecular weight excluding hydrogens is 382 g/mol. The Morgan fingerprint density at radius 2 is 1.42 bits per heavy atom.